The molecule has 2 heterocycles. The third-order valence-electron chi connectivity index (χ3n) is 2.98. The number of aromatic nitrogens is 2. The van der Waals surface area contributed by atoms with E-state index in [2.05, 4.69) is 39.1 Å². The molecule has 0 aromatic carbocycles. The number of nitrogens with zero attached hydrogens (tertiary/aromatic N) is 2. The largest absolute Gasteiger partial charge is 0.353 e. The number of rotatable bonds is 5. The lowest BCUT2D eigenvalue weighted by Gasteiger charge is -2.13. The molecule has 0 bridgehead atoms. The third-order valence-corrected chi connectivity index (χ3v) is 4.62. The average molecular weight is 265 g/mol. The molecule has 1 aliphatic carbocycles. The first-order valence-electron chi connectivity index (χ1n) is 6.00. The van der Waals surface area contributed by atoms with E-state index in [1.54, 1.807) is 11.3 Å². The van der Waals surface area contributed by atoms with E-state index in [0.717, 1.165) is 17.4 Å². The van der Waals surface area contributed by atoms with E-state index in [4.69, 9.17) is 0 Å². The van der Waals surface area contributed by atoms with Gasteiger partial charge in [-0.15, -0.1) is 11.3 Å². The topological polar surface area (TPSA) is 37.8 Å². The zero-order chi connectivity index (χ0) is 11.7. The molecule has 3 rings (SSSR count). The lowest BCUT2D eigenvalue weighted by Crippen LogP contribution is -2.07. The minimum Gasteiger partial charge on any atom is -0.353 e. The SMILES string of the molecule is CCC(Nc1nc(C2CC2)ns1)c1cccs1. The monoisotopic (exact) mass is 265 g/mol. The van der Waals surface area contributed by atoms with Gasteiger partial charge in [-0.25, -0.2) is 4.98 Å². The van der Waals surface area contributed by atoms with Crippen molar-refractivity contribution in [1.29, 1.82) is 0 Å². The Morgan fingerprint density at radius 3 is 3.06 bits per heavy atom. The van der Waals surface area contributed by atoms with E-state index in [1.165, 1.54) is 29.3 Å². The second kappa shape index (κ2) is 4.74. The molecule has 0 spiro atoms. The molecule has 5 heteroatoms. The second-order valence-corrected chi connectivity index (χ2v) is 6.08. The van der Waals surface area contributed by atoms with Crippen LogP contribution in [0.3, 0.4) is 0 Å². The minimum absolute atomic E-state index is 0.370. The summed E-state index contributed by atoms with van der Waals surface area (Å²) in [7, 11) is 0. The smallest absolute Gasteiger partial charge is 0.203 e. The van der Waals surface area contributed by atoms with Gasteiger partial charge in [-0.3, -0.25) is 0 Å². The average Bonchev–Trinajstić information content (AvgIpc) is 2.89. The number of hydrogen-bond acceptors (Lipinski definition) is 5. The molecular weight excluding hydrogens is 250 g/mol. The Balaban J connectivity index is 1.71. The first-order valence-corrected chi connectivity index (χ1v) is 7.65. The standard InChI is InChI=1S/C12H15N3S2/c1-2-9(10-4-3-7-16-10)13-12-14-11(15-17-12)8-5-6-8/h3-4,7-9H,2,5-6H2,1H3,(H,13,14,15). The highest BCUT2D eigenvalue weighted by Crippen LogP contribution is 2.39. The Morgan fingerprint density at radius 1 is 1.53 bits per heavy atom. The summed E-state index contributed by atoms with van der Waals surface area (Å²) in [5.74, 6) is 1.68. The molecule has 1 aliphatic rings. The van der Waals surface area contributed by atoms with Gasteiger partial charge in [0.25, 0.3) is 0 Å². The Kier molecular flexibility index (Phi) is 3.11. The van der Waals surface area contributed by atoms with Crippen molar-refractivity contribution in [2.45, 2.75) is 38.1 Å². The molecule has 1 saturated carbocycles. The van der Waals surface area contributed by atoms with Crippen LogP contribution in [0.1, 0.15) is 48.8 Å². The molecule has 1 atom stereocenters. The predicted octanol–water partition coefficient (Wildman–Crippen LogP) is 4.04. The molecular formula is C12H15N3S2. The van der Waals surface area contributed by atoms with Gasteiger partial charge in [0.15, 0.2) is 0 Å². The highest BCUT2D eigenvalue weighted by Gasteiger charge is 2.28. The van der Waals surface area contributed by atoms with Crippen LogP contribution in [-0.4, -0.2) is 9.36 Å². The Bertz CT molecular complexity index is 474. The van der Waals surface area contributed by atoms with Crippen molar-refractivity contribution in [3.8, 4) is 0 Å². The lowest BCUT2D eigenvalue weighted by molar-refractivity contribution is 0.761. The zero-order valence-corrected chi connectivity index (χ0v) is 11.4. The van der Waals surface area contributed by atoms with Crippen molar-refractivity contribution in [3.63, 3.8) is 0 Å². The maximum absolute atomic E-state index is 4.57. The molecule has 0 saturated heterocycles. The van der Waals surface area contributed by atoms with E-state index in [1.807, 2.05) is 0 Å². The Morgan fingerprint density at radius 2 is 2.41 bits per heavy atom. The van der Waals surface area contributed by atoms with Gasteiger partial charge in [-0.05, 0) is 30.7 Å². The number of nitrogens with one attached hydrogen (secondary N) is 1. The van der Waals surface area contributed by atoms with Gasteiger partial charge in [0, 0.05) is 22.3 Å². The maximum Gasteiger partial charge on any atom is 0.203 e. The van der Waals surface area contributed by atoms with Gasteiger partial charge in [0.05, 0.1) is 6.04 Å². The van der Waals surface area contributed by atoms with Gasteiger partial charge in [0.2, 0.25) is 5.13 Å². The molecule has 3 nitrogen and oxygen atoms in total. The minimum atomic E-state index is 0.370. The first-order chi connectivity index (χ1) is 8.36. The van der Waals surface area contributed by atoms with E-state index < -0.39 is 0 Å². The van der Waals surface area contributed by atoms with Crippen LogP contribution in [-0.2, 0) is 0 Å². The fraction of sp³-hybridized carbons (Fsp3) is 0.500. The van der Waals surface area contributed by atoms with Crippen LogP contribution in [0.25, 0.3) is 0 Å². The lowest BCUT2D eigenvalue weighted by atomic mass is 10.2. The first kappa shape index (κ1) is 11.2. The summed E-state index contributed by atoms with van der Waals surface area (Å²) in [6, 6.07) is 4.64. The van der Waals surface area contributed by atoms with E-state index >= 15 is 0 Å². The van der Waals surface area contributed by atoms with Crippen molar-refractivity contribution >= 4 is 28.0 Å². The summed E-state index contributed by atoms with van der Waals surface area (Å²) in [6.45, 7) is 2.19. The highest BCUT2D eigenvalue weighted by atomic mass is 32.1. The van der Waals surface area contributed by atoms with Crippen molar-refractivity contribution in [3.05, 3.63) is 28.2 Å². The molecule has 1 unspecified atom stereocenters. The summed E-state index contributed by atoms with van der Waals surface area (Å²) < 4.78 is 4.42. The fourth-order valence-electron chi connectivity index (χ4n) is 1.81. The van der Waals surface area contributed by atoms with E-state index in [9.17, 15) is 0 Å². The number of anilines is 1. The van der Waals surface area contributed by atoms with E-state index in [0.29, 0.717) is 12.0 Å². The van der Waals surface area contributed by atoms with Gasteiger partial charge < -0.3 is 5.32 Å². The van der Waals surface area contributed by atoms with Crippen molar-refractivity contribution in [2.24, 2.45) is 0 Å². The molecule has 90 valence electrons. The molecule has 2 aromatic rings. The maximum atomic E-state index is 4.57. The van der Waals surface area contributed by atoms with Crippen LogP contribution in [0.15, 0.2) is 17.5 Å². The summed E-state index contributed by atoms with van der Waals surface area (Å²) >= 11 is 3.29. The molecule has 0 aliphatic heterocycles. The van der Waals surface area contributed by atoms with Gasteiger partial charge in [-0.2, -0.15) is 4.37 Å². The summed E-state index contributed by atoms with van der Waals surface area (Å²) in [6.07, 6.45) is 3.59. The quantitative estimate of drug-likeness (QED) is 0.886. The van der Waals surface area contributed by atoms with Crippen molar-refractivity contribution in [1.82, 2.24) is 9.36 Å². The molecule has 1 fully saturated rings. The zero-order valence-electron chi connectivity index (χ0n) is 9.72. The summed E-state index contributed by atoms with van der Waals surface area (Å²) in [4.78, 5) is 5.94. The molecule has 1 N–H and O–H groups in total. The predicted molar refractivity (Wildman–Crippen MR) is 72.9 cm³/mol. The molecule has 2 aromatic heterocycles. The van der Waals surface area contributed by atoms with Crippen LogP contribution in [0, 0.1) is 0 Å². The van der Waals surface area contributed by atoms with Crippen LogP contribution in [0.2, 0.25) is 0 Å². The van der Waals surface area contributed by atoms with Crippen molar-refractivity contribution < 1.29 is 0 Å². The van der Waals surface area contributed by atoms with Gasteiger partial charge in [0.1, 0.15) is 5.82 Å². The highest BCUT2D eigenvalue weighted by molar-refractivity contribution is 7.10. The fourth-order valence-corrected chi connectivity index (χ4v) is 3.37. The van der Waals surface area contributed by atoms with Crippen molar-refractivity contribution in [2.75, 3.05) is 5.32 Å². The summed E-state index contributed by atoms with van der Waals surface area (Å²) in [5.41, 5.74) is 0. The Labute approximate surface area is 109 Å². The number of thiophene rings is 1. The van der Waals surface area contributed by atoms with Crippen LogP contribution >= 0.6 is 22.9 Å². The van der Waals surface area contributed by atoms with E-state index in [-0.39, 0.29) is 0 Å². The van der Waals surface area contributed by atoms with Gasteiger partial charge >= 0.3 is 0 Å². The van der Waals surface area contributed by atoms with Crippen LogP contribution < -0.4 is 5.32 Å². The normalized spacial score (nSPS) is 17.0. The van der Waals surface area contributed by atoms with Crippen LogP contribution in [0.5, 0.6) is 0 Å². The number of hydrogen-bond donors (Lipinski definition) is 1. The third kappa shape index (κ3) is 2.50. The van der Waals surface area contributed by atoms with Crippen LogP contribution in [0.4, 0.5) is 5.13 Å². The molecule has 0 radical (unpaired) electrons. The summed E-state index contributed by atoms with van der Waals surface area (Å²) in [5, 5.41) is 6.57. The second-order valence-electron chi connectivity index (χ2n) is 4.35. The molecule has 17 heavy (non-hydrogen) atoms. The van der Waals surface area contributed by atoms with Gasteiger partial charge in [-0.1, -0.05) is 13.0 Å². The molecule has 0 amide bonds. The Hall–Kier alpha value is -0.940.